The van der Waals surface area contributed by atoms with Crippen molar-refractivity contribution >= 4 is 5.91 Å². The molecule has 1 aliphatic rings. The zero-order valence-corrected chi connectivity index (χ0v) is 12.6. The van der Waals surface area contributed by atoms with Crippen molar-refractivity contribution in [2.75, 3.05) is 0 Å². The maximum atomic E-state index is 12.0. The van der Waals surface area contributed by atoms with Crippen LogP contribution in [0.4, 0.5) is 0 Å². The second-order valence-corrected chi connectivity index (χ2v) is 5.79. The summed E-state index contributed by atoms with van der Waals surface area (Å²) < 4.78 is 1.61. The lowest BCUT2D eigenvalue weighted by atomic mass is 10.0. The van der Waals surface area contributed by atoms with Gasteiger partial charge in [-0.1, -0.05) is 31.7 Å². The smallest absolute Gasteiger partial charge is 0.220 e. The zero-order valence-electron chi connectivity index (χ0n) is 12.6. The molecule has 0 radical (unpaired) electrons. The predicted octanol–water partition coefficient (Wildman–Crippen LogP) is 2.25. The van der Waals surface area contributed by atoms with Crippen molar-refractivity contribution in [3.63, 3.8) is 0 Å². The van der Waals surface area contributed by atoms with Crippen molar-refractivity contribution in [1.82, 2.24) is 25.1 Å². The molecule has 2 heterocycles. The summed E-state index contributed by atoms with van der Waals surface area (Å²) in [5.74, 6) is 1.56. The summed E-state index contributed by atoms with van der Waals surface area (Å²) in [6, 6.07) is 3.81. The largest absolute Gasteiger partial charge is 0.352 e. The number of nitrogens with zero attached hydrogens (tertiary/aromatic N) is 4. The monoisotopic (exact) mass is 299 g/mol. The summed E-state index contributed by atoms with van der Waals surface area (Å²) in [7, 11) is 0. The normalized spacial score (nSPS) is 15.1. The maximum absolute atomic E-state index is 12.0. The Hall–Kier alpha value is -2.24. The standard InChI is InChI=1S/C16H21N5O/c22-15(8-7-13-4-1-2-5-13)19-10-14-6-3-9-18-16(14)21-12-17-11-20-21/h3,6,9,11-13H,1-2,4-5,7-8,10H2,(H,19,22). The van der Waals surface area contributed by atoms with Gasteiger partial charge in [0.05, 0.1) is 0 Å². The van der Waals surface area contributed by atoms with E-state index in [-0.39, 0.29) is 5.91 Å². The minimum absolute atomic E-state index is 0.111. The molecule has 1 N–H and O–H groups in total. The average Bonchev–Trinajstić information content (AvgIpc) is 3.24. The molecular weight excluding hydrogens is 278 g/mol. The number of pyridine rings is 1. The van der Waals surface area contributed by atoms with E-state index in [1.807, 2.05) is 12.1 Å². The fraction of sp³-hybridized carbons (Fsp3) is 0.500. The number of hydrogen-bond donors (Lipinski definition) is 1. The lowest BCUT2D eigenvalue weighted by Crippen LogP contribution is -2.24. The fourth-order valence-corrected chi connectivity index (χ4v) is 3.01. The maximum Gasteiger partial charge on any atom is 0.220 e. The van der Waals surface area contributed by atoms with Gasteiger partial charge in [-0.15, -0.1) is 0 Å². The molecule has 0 atom stereocenters. The van der Waals surface area contributed by atoms with E-state index in [0.717, 1.165) is 17.9 Å². The molecule has 1 aliphatic carbocycles. The summed E-state index contributed by atoms with van der Waals surface area (Å²) in [5.41, 5.74) is 0.933. The van der Waals surface area contributed by atoms with Gasteiger partial charge in [0, 0.05) is 24.7 Å². The molecule has 3 rings (SSSR count). The summed E-state index contributed by atoms with van der Waals surface area (Å²) in [5, 5.41) is 7.08. The van der Waals surface area contributed by atoms with Gasteiger partial charge in [0.25, 0.3) is 0 Å². The molecule has 0 unspecified atom stereocenters. The van der Waals surface area contributed by atoms with Gasteiger partial charge < -0.3 is 5.32 Å². The van der Waals surface area contributed by atoms with Crippen molar-refractivity contribution < 1.29 is 4.79 Å². The molecule has 2 aromatic heterocycles. The van der Waals surface area contributed by atoms with E-state index in [2.05, 4.69) is 20.4 Å². The van der Waals surface area contributed by atoms with E-state index >= 15 is 0 Å². The van der Waals surface area contributed by atoms with E-state index in [4.69, 9.17) is 0 Å². The molecule has 0 aromatic carbocycles. The molecule has 6 heteroatoms. The van der Waals surface area contributed by atoms with Crippen LogP contribution in [-0.2, 0) is 11.3 Å². The Kier molecular flexibility index (Phi) is 4.78. The molecule has 0 spiro atoms. The SMILES string of the molecule is O=C(CCC1CCCC1)NCc1cccnc1-n1cncn1. The predicted molar refractivity (Wildman–Crippen MR) is 82.2 cm³/mol. The highest BCUT2D eigenvalue weighted by Crippen LogP contribution is 2.28. The number of aromatic nitrogens is 4. The number of amides is 1. The third-order valence-electron chi connectivity index (χ3n) is 4.23. The number of rotatable bonds is 6. The Morgan fingerprint density at radius 1 is 1.36 bits per heavy atom. The van der Waals surface area contributed by atoms with Crippen LogP contribution in [0.5, 0.6) is 0 Å². The number of hydrogen-bond acceptors (Lipinski definition) is 4. The van der Waals surface area contributed by atoms with Crippen molar-refractivity contribution in [1.29, 1.82) is 0 Å². The highest BCUT2D eigenvalue weighted by Gasteiger charge is 2.16. The van der Waals surface area contributed by atoms with Crippen LogP contribution < -0.4 is 5.32 Å². The van der Waals surface area contributed by atoms with Crippen LogP contribution in [0.2, 0.25) is 0 Å². The van der Waals surface area contributed by atoms with Gasteiger partial charge in [-0.3, -0.25) is 4.79 Å². The molecule has 1 fully saturated rings. The minimum atomic E-state index is 0.111. The van der Waals surface area contributed by atoms with Gasteiger partial charge in [0.2, 0.25) is 5.91 Å². The van der Waals surface area contributed by atoms with Crippen LogP contribution in [0.1, 0.15) is 44.1 Å². The Morgan fingerprint density at radius 3 is 3.00 bits per heavy atom. The molecule has 0 saturated heterocycles. The molecule has 6 nitrogen and oxygen atoms in total. The summed E-state index contributed by atoms with van der Waals surface area (Å²) in [6.07, 6.45) is 11.6. The average molecular weight is 299 g/mol. The summed E-state index contributed by atoms with van der Waals surface area (Å²) >= 11 is 0. The van der Waals surface area contributed by atoms with E-state index in [0.29, 0.717) is 18.8 Å². The molecule has 116 valence electrons. The number of nitrogens with one attached hydrogen (secondary N) is 1. The van der Waals surface area contributed by atoms with Crippen molar-refractivity contribution in [3.8, 4) is 5.82 Å². The van der Waals surface area contributed by atoms with Crippen LogP contribution >= 0.6 is 0 Å². The van der Waals surface area contributed by atoms with Crippen LogP contribution in [0, 0.1) is 5.92 Å². The van der Waals surface area contributed by atoms with E-state index in [1.54, 1.807) is 17.2 Å². The molecule has 1 saturated carbocycles. The molecule has 0 bridgehead atoms. The zero-order chi connectivity index (χ0) is 15.2. The first-order valence-electron chi connectivity index (χ1n) is 7.88. The lowest BCUT2D eigenvalue weighted by molar-refractivity contribution is -0.121. The number of carbonyl (C=O) groups is 1. The number of carbonyl (C=O) groups excluding carboxylic acids is 1. The van der Waals surface area contributed by atoms with Gasteiger partial charge in [-0.2, -0.15) is 5.10 Å². The van der Waals surface area contributed by atoms with Crippen LogP contribution in [0.3, 0.4) is 0 Å². The molecular formula is C16H21N5O. The second kappa shape index (κ2) is 7.15. The molecule has 0 aliphatic heterocycles. The quantitative estimate of drug-likeness (QED) is 0.888. The fourth-order valence-electron chi connectivity index (χ4n) is 3.01. The first-order valence-corrected chi connectivity index (χ1v) is 7.88. The highest BCUT2D eigenvalue weighted by molar-refractivity contribution is 5.75. The van der Waals surface area contributed by atoms with E-state index in [9.17, 15) is 4.79 Å². The van der Waals surface area contributed by atoms with Gasteiger partial charge >= 0.3 is 0 Å². The molecule has 22 heavy (non-hydrogen) atoms. The van der Waals surface area contributed by atoms with Crippen molar-refractivity contribution in [3.05, 3.63) is 36.5 Å². The first kappa shape index (κ1) is 14.7. The van der Waals surface area contributed by atoms with Gasteiger partial charge in [0.1, 0.15) is 12.7 Å². The lowest BCUT2D eigenvalue weighted by Gasteiger charge is -2.11. The summed E-state index contributed by atoms with van der Waals surface area (Å²) in [6.45, 7) is 0.465. The van der Waals surface area contributed by atoms with E-state index < -0.39 is 0 Å². The van der Waals surface area contributed by atoms with Crippen molar-refractivity contribution in [2.45, 2.75) is 45.1 Å². The van der Waals surface area contributed by atoms with Gasteiger partial charge in [-0.25, -0.2) is 14.6 Å². The van der Waals surface area contributed by atoms with Gasteiger partial charge in [-0.05, 0) is 18.4 Å². The summed E-state index contributed by atoms with van der Waals surface area (Å²) in [4.78, 5) is 20.3. The molecule has 2 aromatic rings. The van der Waals surface area contributed by atoms with Crippen LogP contribution in [-0.4, -0.2) is 25.7 Å². The Labute approximate surface area is 130 Å². The third-order valence-corrected chi connectivity index (χ3v) is 4.23. The van der Waals surface area contributed by atoms with Crippen molar-refractivity contribution in [2.24, 2.45) is 5.92 Å². The Bertz CT molecular complexity index is 605. The third kappa shape index (κ3) is 3.69. The Morgan fingerprint density at radius 2 is 2.23 bits per heavy atom. The first-order chi connectivity index (χ1) is 10.8. The highest BCUT2D eigenvalue weighted by atomic mass is 16.1. The van der Waals surface area contributed by atoms with Crippen LogP contribution in [0.25, 0.3) is 5.82 Å². The topological polar surface area (TPSA) is 72.7 Å². The van der Waals surface area contributed by atoms with Gasteiger partial charge in [0.15, 0.2) is 5.82 Å². The minimum Gasteiger partial charge on any atom is -0.352 e. The van der Waals surface area contributed by atoms with Crippen LogP contribution in [0.15, 0.2) is 31.0 Å². The Balaban J connectivity index is 1.54. The van der Waals surface area contributed by atoms with E-state index in [1.165, 1.54) is 32.0 Å². The second-order valence-electron chi connectivity index (χ2n) is 5.79. The molecule has 1 amide bonds.